The fraction of sp³-hybridized carbons (Fsp3) is 0.273. The van der Waals surface area contributed by atoms with Gasteiger partial charge in [0, 0.05) is 22.6 Å². The molecule has 1 unspecified atom stereocenters. The molecular weight excluding hydrogens is 386 g/mol. The summed E-state index contributed by atoms with van der Waals surface area (Å²) in [6, 6.07) is 11.5. The first-order chi connectivity index (χ1) is 14.0. The van der Waals surface area contributed by atoms with Crippen molar-refractivity contribution in [3.8, 4) is 17.0 Å². The van der Waals surface area contributed by atoms with E-state index in [0.29, 0.717) is 17.0 Å². The number of aliphatic hydroxyl groups excluding tert-OH is 1. The minimum atomic E-state index is -0.380. The number of phenols is 1. The van der Waals surface area contributed by atoms with Crippen LogP contribution in [0.5, 0.6) is 5.75 Å². The largest absolute Gasteiger partial charge is 0.507 e. The molecule has 0 spiro atoms. The number of nitrogens with one attached hydrogen (secondary N) is 1. The number of rotatable bonds is 5. The van der Waals surface area contributed by atoms with Crippen molar-refractivity contribution in [2.75, 3.05) is 19.4 Å². The molecule has 2 aromatic carbocycles. The van der Waals surface area contributed by atoms with Gasteiger partial charge in [-0.05, 0) is 55.0 Å². The Morgan fingerprint density at radius 2 is 1.93 bits per heavy atom. The van der Waals surface area contributed by atoms with E-state index in [0.717, 1.165) is 27.1 Å². The van der Waals surface area contributed by atoms with Crippen molar-refractivity contribution in [3.63, 3.8) is 0 Å². The highest BCUT2D eigenvalue weighted by Gasteiger charge is 2.42. The molecule has 0 bridgehead atoms. The zero-order valence-corrected chi connectivity index (χ0v) is 17.4. The quantitative estimate of drug-likeness (QED) is 0.560. The van der Waals surface area contributed by atoms with Crippen molar-refractivity contribution in [2.45, 2.75) is 24.8 Å². The molecule has 3 aromatic rings. The summed E-state index contributed by atoms with van der Waals surface area (Å²) in [5.74, 6) is -0.0370. The summed E-state index contributed by atoms with van der Waals surface area (Å²) in [5, 5.41) is 27.5. The van der Waals surface area contributed by atoms with Crippen LogP contribution in [-0.2, 0) is 0 Å². The summed E-state index contributed by atoms with van der Waals surface area (Å²) in [6.45, 7) is 3.90. The molecule has 1 aliphatic heterocycles. The third-order valence-corrected chi connectivity index (χ3v) is 6.08. The lowest BCUT2D eigenvalue weighted by Crippen LogP contribution is -2.32. The number of carbonyl (C=O) groups excluding carboxylic acids is 1. The Labute approximate surface area is 173 Å². The van der Waals surface area contributed by atoms with Gasteiger partial charge in [-0.3, -0.25) is 9.89 Å². The van der Waals surface area contributed by atoms with Crippen LogP contribution >= 0.6 is 11.8 Å². The molecule has 0 fully saturated rings. The maximum Gasteiger partial charge on any atom is 0.273 e. The van der Waals surface area contributed by atoms with Crippen molar-refractivity contribution in [3.05, 3.63) is 64.3 Å². The molecule has 1 aliphatic rings. The van der Waals surface area contributed by atoms with Gasteiger partial charge in [0.15, 0.2) is 0 Å². The number of amides is 1. The highest BCUT2D eigenvalue weighted by Crippen LogP contribution is 2.45. The SMILES string of the molecule is CSc1ccc(C2c3c(-c4cc(C)cc(C)c4O)n[nH]c3C(=O)N2CCO)cc1. The van der Waals surface area contributed by atoms with Gasteiger partial charge in [-0.25, -0.2) is 0 Å². The smallest absolute Gasteiger partial charge is 0.273 e. The lowest BCUT2D eigenvalue weighted by Gasteiger charge is -2.26. The number of aromatic hydroxyl groups is 1. The standard InChI is InChI=1S/C22H23N3O3S/c1-12-10-13(2)21(27)16(11-12)18-17-19(24-23-18)22(28)25(8-9-26)20(17)14-4-6-15(29-3)7-5-14/h4-7,10-11,20,26-27H,8-9H2,1-3H3,(H,23,24). The fourth-order valence-corrected chi connectivity index (χ4v) is 4.42. The van der Waals surface area contributed by atoms with Gasteiger partial charge >= 0.3 is 0 Å². The van der Waals surface area contributed by atoms with Gasteiger partial charge in [0.2, 0.25) is 0 Å². The van der Waals surface area contributed by atoms with Crippen molar-refractivity contribution < 1.29 is 15.0 Å². The van der Waals surface area contributed by atoms with Crippen LogP contribution in [0.4, 0.5) is 0 Å². The number of β-amino-alcohol motifs (C(OH)–C–C–N with tert-alkyl or cyclic N) is 1. The van der Waals surface area contributed by atoms with E-state index < -0.39 is 0 Å². The first kappa shape index (κ1) is 19.5. The van der Waals surface area contributed by atoms with Crippen molar-refractivity contribution in [1.29, 1.82) is 0 Å². The van der Waals surface area contributed by atoms with Crippen LogP contribution in [0.1, 0.15) is 38.8 Å². The first-order valence-electron chi connectivity index (χ1n) is 9.40. The van der Waals surface area contributed by atoms with E-state index in [1.54, 1.807) is 16.7 Å². The third-order valence-electron chi connectivity index (χ3n) is 5.34. The zero-order valence-electron chi connectivity index (χ0n) is 16.6. The third kappa shape index (κ3) is 3.20. The van der Waals surface area contributed by atoms with Gasteiger partial charge < -0.3 is 15.1 Å². The minimum Gasteiger partial charge on any atom is -0.507 e. The molecule has 1 atom stereocenters. The van der Waals surface area contributed by atoms with Gasteiger partial charge in [0.25, 0.3) is 5.91 Å². The predicted octanol–water partition coefficient (Wildman–Crippen LogP) is 3.66. The van der Waals surface area contributed by atoms with Crippen molar-refractivity contribution in [2.24, 2.45) is 0 Å². The minimum absolute atomic E-state index is 0.132. The number of hydrogen-bond donors (Lipinski definition) is 3. The molecule has 3 N–H and O–H groups in total. The number of carbonyl (C=O) groups is 1. The lowest BCUT2D eigenvalue weighted by atomic mass is 9.94. The molecule has 150 valence electrons. The summed E-state index contributed by atoms with van der Waals surface area (Å²) < 4.78 is 0. The van der Waals surface area contributed by atoms with Crippen LogP contribution in [0.3, 0.4) is 0 Å². The Morgan fingerprint density at radius 1 is 1.21 bits per heavy atom. The van der Waals surface area contributed by atoms with E-state index in [-0.39, 0.29) is 30.9 Å². The first-order valence-corrected chi connectivity index (χ1v) is 10.6. The summed E-state index contributed by atoms with van der Waals surface area (Å²) in [7, 11) is 0. The fourth-order valence-electron chi connectivity index (χ4n) is 4.01. The van der Waals surface area contributed by atoms with Gasteiger partial charge in [-0.2, -0.15) is 5.10 Å². The van der Waals surface area contributed by atoms with Gasteiger partial charge in [-0.1, -0.05) is 18.2 Å². The van der Waals surface area contributed by atoms with E-state index >= 15 is 0 Å². The molecule has 1 aromatic heterocycles. The molecule has 2 heterocycles. The number of benzene rings is 2. The molecule has 29 heavy (non-hydrogen) atoms. The van der Waals surface area contributed by atoms with Crippen LogP contribution in [0.25, 0.3) is 11.3 Å². The number of aliphatic hydroxyl groups is 1. The number of nitrogens with zero attached hydrogens (tertiary/aromatic N) is 2. The second kappa shape index (κ2) is 7.57. The second-order valence-corrected chi connectivity index (χ2v) is 8.12. The topological polar surface area (TPSA) is 89.5 Å². The van der Waals surface area contributed by atoms with Crippen LogP contribution in [0.15, 0.2) is 41.3 Å². The maximum atomic E-state index is 13.0. The number of H-pyrrole nitrogens is 1. The molecule has 0 aliphatic carbocycles. The maximum absolute atomic E-state index is 13.0. The molecule has 1 amide bonds. The van der Waals surface area contributed by atoms with Gasteiger partial charge in [-0.15, -0.1) is 11.8 Å². The van der Waals surface area contributed by atoms with Crippen LogP contribution in [0, 0.1) is 13.8 Å². The number of phenolic OH excluding ortho intramolecular Hbond substituents is 1. The van der Waals surface area contributed by atoms with Crippen molar-refractivity contribution >= 4 is 17.7 Å². The average molecular weight is 410 g/mol. The molecule has 0 radical (unpaired) electrons. The number of fused-ring (bicyclic) bond motifs is 1. The summed E-state index contributed by atoms with van der Waals surface area (Å²) in [4.78, 5) is 15.8. The predicted molar refractivity (Wildman–Crippen MR) is 113 cm³/mol. The Morgan fingerprint density at radius 3 is 2.59 bits per heavy atom. The highest BCUT2D eigenvalue weighted by atomic mass is 32.2. The van der Waals surface area contributed by atoms with E-state index in [4.69, 9.17) is 0 Å². The molecule has 6 nitrogen and oxygen atoms in total. The van der Waals surface area contributed by atoms with Crippen LogP contribution in [0.2, 0.25) is 0 Å². The zero-order chi connectivity index (χ0) is 20.7. The Balaban J connectivity index is 1.91. The van der Waals surface area contributed by atoms with Crippen LogP contribution in [-0.4, -0.2) is 50.6 Å². The Kier molecular flexibility index (Phi) is 5.10. The van der Waals surface area contributed by atoms with Crippen LogP contribution < -0.4 is 0 Å². The Bertz CT molecular complexity index is 1080. The van der Waals surface area contributed by atoms with Gasteiger partial charge in [0.1, 0.15) is 17.1 Å². The van der Waals surface area contributed by atoms with E-state index in [2.05, 4.69) is 10.2 Å². The number of hydrogen-bond acceptors (Lipinski definition) is 5. The monoisotopic (exact) mass is 409 g/mol. The van der Waals surface area contributed by atoms with E-state index in [9.17, 15) is 15.0 Å². The molecular formula is C22H23N3O3S. The normalized spacial score (nSPS) is 15.8. The second-order valence-electron chi connectivity index (χ2n) is 7.24. The summed E-state index contributed by atoms with van der Waals surface area (Å²) in [5.41, 5.74) is 5.02. The van der Waals surface area contributed by atoms with Crippen molar-refractivity contribution in [1.82, 2.24) is 15.1 Å². The Hall–Kier alpha value is -2.77. The molecule has 7 heteroatoms. The lowest BCUT2D eigenvalue weighted by molar-refractivity contribution is 0.0706. The highest BCUT2D eigenvalue weighted by molar-refractivity contribution is 7.98. The molecule has 4 rings (SSSR count). The number of aryl methyl sites for hydroxylation is 2. The van der Waals surface area contributed by atoms with E-state index in [1.165, 1.54) is 0 Å². The molecule has 0 saturated heterocycles. The number of thioether (sulfide) groups is 1. The summed E-state index contributed by atoms with van der Waals surface area (Å²) >= 11 is 1.65. The van der Waals surface area contributed by atoms with Gasteiger partial charge in [0.05, 0.1) is 12.6 Å². The average Bonchev–Trinajstić information content (AvgIpc) is 3.25. The number of aromatic amines is 1. The molecule has 0 saturated carbocycles. The summed E-state index contributed by atoms with van der Waals surface area (Å²) in [6.07, 6.45) is 2.02. The number of aromatic nitrogens is 2. The van der Waals surface area contributed by atoms with E-state index in [1.807, 2.05) is 56.5 Å².